The van der Waals surface area contributed by atoms with Gasteiger partial charge in [-0.15, -0.1) is 0 Å². The van der Waals surface area contributed by atoms with Gasteiger partial charge in [0.1, 0.15) is 0 Å². The Balaban J connectivity index is 2.56. The first-order chi connectivity index (χ1) is 9.32. The van der Waals surface area contributed by atoms with Crippen molar-refractivity contribution in [2.75, 3.05) is 13.1 Å². The number of hydrogen-bond donors (Lipinski definition) is 2. The van der Waals surface area contributed by atoms with Gasteiger partial charge in [0, 0.05) is 6.54 Å². The molecule has 0 aliphatic rings. The van der Waals surface area contributed by atoms with E-state index >= 15 is 0 Å². The Morgan fingerprint density at radius 2 is 1.85 bits per heavy atom. The molecule has 0 spiro atoms. The molecule has 0 aliphatic carbocycles. The summed E-state index contributed by atoms with van der Waals surface area (Å²) in [6, 6.07) is 4.54. The smallest absolute Gasteiger partial charge is 0.355 e. The summed E-state index contributed by atoms with van der Waals surface area (Å²) in [6.45, 7) is 2.00. The number of likely N-dealkylation sites (N-methyl/N-ethyl adjacent to an activating group) is 1. The minimum absolute atomic E-state index is 0.189. The lowest BCUT2D eigenvalue weighted by molar-refractivity contribution is -0.137. The van der Waals surface area contributed by atoms with Crippen LogP contribution in [0, 0.1) is 0 Å². The number of rotatable bonds is 5. The van der Waals surface area contributed by atoms with Crippen LogP contribution < -0.4 is 10.6 Å². The van der Waals surface area contributed by atoms with Gasteiger partial charge in [0.05, 0.1) is 18.5 Å². The maximum atomic E-state index is 12.5. The van der Waals surface area contributed by atoms with Gasteiger partial charge in [-0.3, -0.25) is 9.59 Å². The van der Waals surface area contributed by atoms with Crippen LogP contribution in [-0.2, 0) is 22.2 Å². The Labute approximate surface area is 114 Å². The lowest BCUT2D eigenvalue weighted by Gasteiger charge is -2.09. The Hall–Kier alpha value is -2.05. The standard InChI is InChI=1S/C13H15F3N2O2/c1-2-17-12(20)8-18-11(19)7-9-4-3-5-10(6-9)13(14,15)16/h3-6H,2,7-8H2,1H3,(H,17,20)(H,18,19). The molecular weight excluding hydrogens is 273 g/mol. The van der Waals surface area contributed by atoms with E-state index in [0.717, 1.165) is 12.1 Å². The summed E-state index contributed by atoms with van der Waals surface area (Å²) >= 11 is 0. The van der Waals surface area contributed by atoms with Crippen LogP contribution in [0.3, 0.4) is 0 Å². The molecule has 0 aromatic heterocycles. The molecule has 0 atom stereocenters. The average molecular weight is 288 g/mol. The van der Waals surface area contributed by atoms with E-state index in [-0.39, 0.29) is 24.4 Å². The van der Waals surface area contributed by atoms with E-state index in [1.54, 1.807) is 6.92 Å². The average Bonchev–Trinajstić information content (AvgIpc) is 2.36. The molecule has 0 unspecified atom stereocenters. The molecule has 0 aliphatic heterocycles. The van der Waals surface area contributed by atoms with Gasteiger partial charge in [-0.05, 0) is 18.6 Å². The van der Waals surface area contributed by atoms with E-state index in [1.807, 2.05) is 0 Å². The second-order valence-corrected chi connectivity index (χ2v) is 4.11. The molecule has 1 rings (SSSR count). The van der Waals surface area contributed by atoms with E-state index in [2.05, 4.69) is 10.6 Å². The molecule has 1 aromatic carbocycles. The molecule has 0 radical (unpaired) electrons. The highest BCUT2D eigenvalue weighted by atomic mass is 19.4. The van der Waals surface area contributed by atoms with Crippen molar-refractivity contribution >= 4 is 11.8 Å². The topological polar surface area (TPSA) is 58.2 Å². The lowest BCUT2D eigenvalue weighted by Crippen LogP contribution is -2.37. The van der Waals surface area contributed by atoms with Crippen molar-refractivity contribution in [3.8, 4) is 0 Å². The normalized spacial score (nSPS) is 11.0. The summed E-state index contributed by atoms with van der Waals surface area (Å²) in [7, 11) is 0. The maximum Gasteiger partial charge on any atom is 0.416 e. The minimum atomic E-state index is -4.44. The second-order valence-electron chi connectivity index (χ2n) is 4.11. The van der Waals surface area contributed by atoms with Crippen molar-refractivity contribution in [3.63, 3.8) is 0 Å². The number of alkyl halides is 3. The number of carbonyl (C=O) groups is 2. The fraction of sp³-hybridized carbons (Fsp3) is 0.385. The van der Waals surface area contributed by atoms with E-state index < -0.39 is 17.6 Å². The summed E-state index contributed by atoms with van der Waals surface area (Å²) < 4.78 is 37.5. The highest BCUT2D eigenvalue weighted by molar-refractivity contribution is 5.85. The third-order valence-electron chi connectivity index (χ3n) is 2.44. The first-order valence-electron chi connectivity index (χ1n) is 6.02. The monoisotopic (exact) mass is 288 g/mol. The molecule has 0 saturated heterocycles. The van der Waals surface area contributed by atoms with Gasteiger partial charge < -0.3 is 10.6 Å². The highest BCUT2D eigenvalue weighted by Crippen LogP contribution is 2.29. The third-order valence-corrected chi connectivity index (χ3v) is 2.44. The first-order valence-corrected chi connectivity index (χ1v) is 6.02. The van der Waals surface area contributed by atoms with Crippen LogP contribution in [0.4, 0.5) is 13.2 Å². The summed E-state index contributed by atoms with van der Waals surface area (Å²) in [5.74, 6) is -0.847. The fourth-order valence-corrected chi connectivity index (χ4v) is 1.54. The minimum Gasteiger partial charge on any atom is -0.355 e. The van der Waals surface area contributed by atoms with Crippen molar-refractivity contribution in [2.45, 2.75) is 19.5 Å². The molecule has 0 heterocycles. The Kier molecular flexibility index (Phi) is 5.54. The molecule has 2 amide bonds. The van der Waals surface area contributed by atoms with Gasteiger partial charge in [-0.25, -0.2) is 0 Å². The van der Waals surface area contributed by atoms with Crippen LogP contribution in [0.5, 0.6) is 0 Å². The number of halogens is 3. The molecule has 2 N–H and O–H groups in total. The first kappa shape index (κ1) is 16.0. The van der Waals surface area contributed by atoms with Crippen molar-refractivity contribution in [1.82, 2.24) is 10.6 Å². The van der Waals surface area contributed by atoms with Gasteiger partial charge in [-0.1, -0.05) is 18.2 Å². The van der Waals surface area contributed by atoms with E-state index in [9.17, 15) is 22.8 Å². The van der Waals surface area contributed by atoms with Gasteiger partial charge >= 0.3 is 6.18 Å². The predicted molar refractivity (Wildman–Crippen MR) is 66.8 cm³/mol. The van der Waals surface area contributed by atoms with Crippen LogP contribution in [0.15, 0.2) is 24.3 Å². The van der Waals surface area contributed by atoms with Gasteiger partial charge in [0.15, 0.2) is 0 Å². The van der Waals surface area contributed by atoms with Crippen molar-refractivity contribution in [3.05, 3.63) is 35.4 Å². The molecule has 20 heavy (non-hydrogen) atoms. The number of carbonyl (C=O) groups excluding carboxylic acids is 2. The Morgan fingerprint density at radius 1 is 1.15 bits per heavy atom. The highest BCUT2D eigenvalue weighted by Gasteiger charge is 2.30. The molecule has 0 bridgehead atoms. The number of nitrogens with one attached hydrogen (secondary N) is 2. The third kappa shape index (κ3) is 5.29. The van der Waals surface area contributed by atoms with Crippen molar-refractivity contribution in [1.29, 1.82) is 0 Å². The van der Waals surface area contributed by atoms with Crippen LogP contribution in [0.2, 0.25) is 0 Å². The largest absolute Gasteiger partial charge is 0.416 e. The predicted octanol–water partition coefficient (Wildman–Crippen LogP) is 1.50. The molecule has 1 aromatic rings. The lowest BCUT2D eigenvalue weighted by atomic mass is 10.1. The van der Waals surface area contributed by atoms with Crippen molar-refractivity contribution in [2.24, 2.45) is 0 Å². The van der Waals surface area contributed by atoms with Gasteiger partial charge in [-0.2, -0.15) is 13.2 Å². The van der Waals surface area contributed by atoms with E-state index in [4.69, 9.17) is 0 Å². The summed E-state index contributed by atoms with van der Waals surface area (Å²) in [5, 5.41) is 4.83. The number of amides is 2. The van der Waals surface area contributed by atoms with E-state index in [1.165, 1.54) is 12.1 Å². The maximum absolute atomic E-state index is 12.5. The molecule has 7 heteroatoms. The fourth-order valence-electron chi connectivity index (χ4n) is 1.54. The van der Waals surface area contributed by atoms with Crippen LogP contribution in [0.1, 0.15) is 18.1 Å². The van der Waals surface area contributed by atoms with Crippen LogP contribution in [0.25, 0.3) is 0 Å². The Bertz CT molecular complexity index is 487. The Morgan fingerprint density at radius 3 is 2.45 bits per heavy atom. The zero-order chi connectivity index (χ0) is 15.2. The second kappa shape index (κ2) is 6.93. The molecule has 110 valence electrons. The zero-order valence-corrected chi connectivity index (χ0v) is 10.9. The van der Waals surface area contributed by atoms with Crippen LogP contribution >= 0.6 is 0 Å². The summed E-state index contributed by atoms with van der Waals surface area (Å²) in [5.41, 5.74) is -0.556. The molecule has 4 nitrogen and oxygen atoms in total. The summed E-state index contributed by atoms with van der Waals surface area (Å²) in [4.78, 5) is 22.6. The quantitative estimate of drug-likeness (QED) is 0.862. The zero-order valence-electron chi connectivity index (χ0n) is 10.9. The number of hydrogen-bond acceptors (Lipinski definition) is 2. The summed E-state index contributed by atoms with van der Waals surface area (Å²) in [6.07, 6.45) is -4.64. The SMILES string of the molecule is CCNC(=O)CNC(=O)Cc1cccc(C(F)(F)F)c1. The number of benzene rings is 1. The van der Waals surface area contributed by atoms with Crippen molar-refractivity contribution < 1.29 is 22.8 Å². The van der Waals surface area contributed by atoms with Gasteiger partial charge in [0.2, 0.25) is 11.8 Å². The van der Waals surface area contributed by atoms with E-state index in [0.29, 0.717) is 6.54 Å². The van der Waals surface area contributed by atoms with Crippen LogP contribution in [-0.4, -0.2) is 24.9 Å². The molecular formula is C13H15F3N2O2. The molecule has 0 fully saturated rings. The van der Waals surface area contributed by atoms with Gasteiger partial charge in [0.25, 0.3) is 0 Å². The molecule has 0 saturated carbocycles.